The van der Waals surface area contributed by atoms with E-state index in [9.17, 15) is 18.5 Å². The summed E-state index contributed by atoms with van der Waals surface area (Å²) >= 11 is 0. The number of rotatable bonds is 5. The molecule has 0 radical (unpaired) electrons. The molecule has 0 atom stereocenters. The lowest BCUT2D eigenvalue weighted by molar-refractivity contribution is -0.389. The standard InChI is InChI=1S/C9H9N5O4S/c15-14(16)9-2-1-8(6-10-9)19(17,18)13-5-7-3-11-12-4-7/h1-4,6,13H,5H2,(H,11,12). The van der Waals surface area contributed by atoms with Gasteiger partial charge in [-0.2, -0.15) is 5.10 Å². The van der Waals surface area contributed by atoms with Crippen molar-refractivity contribution in [2.75, 3.05) is 0 Å². The lowest BCUT2D eigenvalue weighted by Crippen LogP contribution is -2.23. The number of nitrogens with one attached hydrogen (secondary N) is 2. The Morgan fingerprint density at radius 3 is 2.68 bits per heavy atom. The van der Waals surface area contributed by atoms with Gasteiger partial charge >= 0.3 is 5.82 Å². The molecule has 9 nitrogen and oxygen atoms in total. The lowest BCUT2D eigenvalue weighted by Gasteiger charge is -2.03. The normalized spacial score (nSPS) is 11.4. The van der Waals surface area contributed by atoms with Crippen LogP contribution in [-0.4, -0.2) is 28.5 Å². The third-order valence-electron chi connectivity index (χ3n) is 2.24. The van der Waals surface area contributed by atoms with Gasteiger partial charge in [-0.05, 0) is 16.0 Å². The minimum absolute atomic E-state index is 0.0653. The molecule has 2 aromatic heterocycles. The zero-order chi connectivity index (χ0) is 13.9. The van der Waals surface area contributed by atoms with Crippen LogP contribution in [0.1, 0.15) is 5.56 Å². The van der Waals surface area contributed by atoms with Gasteiger partial charge in [-0.15, -0.1) is 0 Å². The first-order valence-electron chi connectivity index (χ1n) is 5.07. The van der Waals surface area contributed by atoms with Gasteiger partial charge in [0.15, 0.2) is 6.20 Å². The van der Waals surface area contributed by atoms with Crippen LogP contribution in [0.3, 0.4) is 0 Å². The van der Waals surface area contributed by atoms with Crippen molar-refractivity contribution < 1.29 is 13.3 Å². The van der Waals surface area contributed by atoms with E-state index in [2.05, 4.69) is 19.9 Å². The maximum absolute atomic E-state index is 11.9. The molecule has 0 aliphatic rings. The number of nitrogens with zero attached hydrogens (tertiary/aromatic N) is 3. The highest BCUT2D eigenvalue weighted by Crippen LogP contribution is 2.12. The minimum Gasteiger partial charge on any atom is -0.358 e. The fourth-order valence-corrected chi connectivity index (χ4v) is 2.24. The second-order valence-corrected chi connectivity index (χ2v) is 5.31. The van der Waals surface area contributed by atoms with E-state index in [1.165, 1.54) is 6.20 Å². The molecule has 0 bridgehead atoms. The SMILES string of the molecule is O=[N+]([O-])c1ccc(S(=O)(=O)NCc2cn[nH]c2)cn1. The summed E-state index contributed by atoms with van der Waals surface area (Å²) < 4.78 is 26.0. The second kappa shape index (κ2) is 5.12. The summed E-state index contributed by atoms with van der Waals surface area (Å²) in [7, 11) is -3.76. The van der Waals surface area contributed by atoms with Gasteiger partial charge < -0.3 is 10.1 Å². The average molecular weight is 283 g/mol. The number of H-pyrrole nitrogens is 1. The Morgan fingerprint density at radius 2 is 2.16 bits per heavy atom. The lowest BCUT2D eigenvalue weighted by atomic mass is 10.4. The van der Waals surface area contributed by atoms with Crippen LogP contribution in [0, 0.1) is 10.1 Å². The zero-order valence-electron chi connectivity index (χ0n) is 9.48. The van der Waals surface area contributed by atoms with Crippen molar-refractivity contribution >= 4 is 15.8 Å². The van der Waals surface area contributed by atoms with E-state index in [0.29, 0.717) is 5.56 Å². The summed E-state index contributed by atoms with van der Waals surface area (Å²) in [5.41, 5.74) is 0.665. The first kappa shape index (κ1) is 13.1. The van der Waals surface area contributed by atoms with Gasteiger partial charge in [-0.25, -0.2) is 13.1 Å². The van der Waals surface area contributed by atoms with Crippen molar-refractivity contribution in [3.8, 4) is 0 Å². The molecule has 2 heterocycles. The minimum atomic E-state index is -3.76. The van der Waals surface area contributed by atoms with Crippen molar-refractivity contribution in [1.29, 1.82) is 0 Å². The highest BCUT2D eigenvalue weighted by Gasteiger charge is 2.17. The van der Waals surface area contributed by atoms with Crippen molar-refractivity contribution in [1.82, 2.24) is 19.9 Å². The molecule has 2 N–H and O–H groups in total. The molecule has 0 aliphatic carbocycles. The topological polar surface area (TPSA) is 131 Å². The van der Waals surface area contributed by atoms with Crippen molar-refractivity contribution in [3.05, 3.63) is 46.4 Å². The number of hydrogen-bond donors (Lipinski definition) is 2. The fourth-order valence-electron chi connectivity index (χ4n) is 1.28. The van der Waals surface area contributed by atoms with E-state index in [-0.39, 0.29) is 11.4 Å². The molecule has 0 spiro atoms. The maximum Gasteiger partial charge on any atom is 0.363 e. The molecule has 0 amide bonds. The van der Waals surface area contributed by atoms with Crippen molar-refractivity contribution in [2.24, 2.45) is 0 Å². The Balaban J connectivity index is 2.13. The smallest absolute Gasteiger partial charge is 0.358 e. The van der Waals surface area contributed by atoms with Crippen LogP contribution in [-0.2, 0) is 16.6 Å². The molecular weight excluding hydrogens is 274 g/mol. The van der Waals surface area contributed by atoms with E-state index >= 15 is 0 Å². The molecule has 0 unspecified atom stereocenters. The quantitative estimate of drug-likeness (QED) is 0.595. The van der Waals surface area contributed by atoms with E-state index in [1.807, 2.05) is 0 Å². The first-order valence-corrected chi connectivity index (χ1v) is 6.55. The Bertz CT molecular complexity index is 665. The highest BCUT2D eigenvalue weighted by molar-refractivity contribution is 7.89. The van der Waals surface area contributed by atoms with Crippen LogP contribution in [0.5, 0.6) is 0 Å². The molecule has 0 aliphatic heterocycles. The van der Waals surface area contributed by atoms with Gasteiger partial charge in [0, 0.05) is 24.4 Å². The summed E-state index contributed by atoms with van der Waals surface area (Å²) in [5.74, 6) is -0.409. The van der Waals surface area contributed by atoms with Gasteiger partial charge in [-0.1, -0.05) is 0 Å². The Morgan fingerprint density at radius 1 is 1.37 bits per heavy atom. The van der Waals surface area contributed by atoms with E-state index < -0.39 is 20.8 Å². The number of aromatic amines is 1. The summed E-state index contributed by atoms with van der Waals surface area (Å²) in [6, 6.07) is 2.16. The third kappa shape index (κ3) is 3.11. The van der Waals surface area contributed by atoms with E-state index in [4.69, 9.17) is 0 Å². The molecule has 2 rings (SSSR count). The van der Waals surface area contributed by atoms with Crippen LogP contribution in [0.4, 0.5) is 5.82 Å². The first-order chi connectivity index (χ1) is 8.99. The molecule has 19 heavy (non-hydrogen) atoms. The number of sulfonamides is 1. The van der Waals surface area contributed by atoms with Crippen molar-refractivity contribution in [2.45, 2.75) is 11.4 Å². The van der Waals surface area contributed by atoms with Crippen LogP contribution < -0.4 is 4.72 Å². The van der Waals surface area contributed by atoms with Gasteiger partial charge in [0.05, 0.1) is 6.20 Å². The molecule has 0 aromatic carbocycles. The Kier molecular flexibility index (Phi) is 3.53. The van der Waals surface area contributed by atoms with E-state index in [1.54, 1.807) is 6.20 Å². The molecular formula is C9H9N5O4S. The van der Waals surface area contributed by atoms with Gasteiger partial charge in [0.25, 0.3) is 0 Å². The van der Waals surface area contributed by atoms with Crippen molar-refractivity contribution in [3.63, 3.8) is 0 Å². The molecule has 0 fully saturated rings. The summed E-state index contributed by atoms with van der Waals surface area (Å²) in [5, 5.41) is 16.6. The second-order valence-electron chi connectivity index (χ2n) is 3.54. The Labute approximate surface area is 107 Å². The fraction of sp³-hybridized carbons (Fsp3) is 0.111. The van der Waals surface area contributed by atoms with E-state index in [0.717, 1.165) is 18.3 Å². The molecule has 0 saturated heterocycles. The molecule has 10 heteroatoms. The van der Waals surface area contributed by atoms with Gasteiger partial charge in [0.2, 0.25) is 10.0 Å². The summed E-state index contributed by atoms with van der Waals surface area (Å²) in [6.07, 6.45) is 3.98. The summed E-state index contributed by atoms with van der Waals surface area (Å²) in [6.45, 7) is 0.0653. The number of nitro groups is 1. The monoisotopic (exact) mass is 283 g/mol. The summed E-state index contributed by atoms with van der Waals surface area (Å²) in [4.78, 5) is 13.0. The molecule has 100 valence electrons. The Hall–Kier alpha value is -2.33. The van der Waals surface area contributed by atoms with Gasteiger partial charge in [-0.3, -0.25) is 5.10 Å². The highest BCUT2D eigenvalue weighted by atomic mass is 32.2. The number of pyridine rings is 1. The zero-order valence-corrected chi connectivity index (χ0v) is 10.3. The maximum atomic E-state index is 11.9. The predicted octanol–water partition coefficient (Wildman–Crippen LogP) is 0.191. The van der Waals surface area contributed by atoms with Crippen LogP contribution in [0.25, 0.3) is 0 Å². The molecule has 0 saturated carbocycles. The van der Waals surface area contributed by atoms with Crippen LogP contribution in [0.2, 0.25) is 0 Å². The molecule has 2 aromatic rings. The predicted molar refractivity (Wildman–Crippen MR) is 63.5 cm³/mol. The third-order valence-corrected chi connectivity index (χ3v) is 3.63. The largest absolute Gasteiger partial charge is 0.363 e. The average Bonchev–Trinajstić information content (AvgIpc) is 2.90. The van der Waals surface area contributed by atoms with Crippen LogP contribution >= 0.6 is 0 Å². The number of aromatic nitrogens is 3. The van der Waals surface area contributed by atoms with Gasteiger partial charge in [0.1, 0.15) is 4.90 Å². The van der Waals surface area contributed by atoms with Crippen LogP contribution in [0.15, 0.2) is 35.6 Å². The number of hydrogen-bond acceptors (Lipinski definition) is 6.